The van der Waals surface area contributed by atoms with Crippen LogP contribution in [0.25, 0.3) is 0 Å². The Bertz CT molecular complexity index is 336. The summed E-state index contributed by atoms with van der Waals surface area (Å²) in [6.07, 6.45) is 7.39. The Balaban J connectivity index is 2.16. The summed E-state index contributed by atoms with van der Waals surface area (Å²) < 4.78 is 5.22. The van der Waals surface area contributed by atoms with Crippen molar-refractivity contribution in [3.05, 3.63) is 35.3 Å². The van der Waals surface area contributed by atoms with Crippen LogP contribution in [-0.4, -0.2) is 5.11 Å². The van der Waals surface area contributed by atoms with E-state index < -0.39 is 0 Å². The molecule has 0 radical (unpaired) electrons. The lowest BCUT2D eigenvalue weighted by Gasteiger charge is -2.19. The van der Waals surface area contributed by atoms with Crippen molar-refractivity contribution in [3.8, 4) is 0 Å². The average Bonchev–Trinajstić information content (AvgIpc) is 2.67. The normalized spacial score (nSPS) is 22.1. The van der Waals surface area contributed by atoms with Crippen molar-refractivity contribution in [1.82, 2.24) is 0 Å². The van der Waals surface area contributed by atoms with E-state index in [2.05, 4.69) is 13.0 Å². The largest absolute Gasteiger partial charge is 0.467 e. The molecule has 0 spiro atoms. The summed E-state index contributed by atoms with van der Waals surface area (Å²) in [5.74, 6) is 1.28. The molecule has 0 bridgehead atoms. The Morgan fingerprint density at radius 3 is 3.07 bits per heavy atom. The lowest BCUT2D eigenvalue weighted by molar-refractivity contribution is 0.244. The molecular weight excluding hydrogens is 176 g/mol. The van der Waals surface area contributed by atoms with Gasteiger partial charge < -0.3 is 9.52 Å². The van der Waals surface area contributed by atoms with Crippen molar-refractivity contribution in [1.29, 1.82) is 0 Å². The van der Waals surface area contributed by atoms with Crippen LogP contribution in [0, 0.1) is 0 Å². The Morgan fingerprint density at radius 1 is 1.57 bits per heavy atom. The molecule has 0 saturated carbocycles. The first-order chi connectivity index (χ1) is 6.81. The van der Waals surface area contributed by atoms with Gasteiger partial charge in [-0.15, -0.1) is 0 Å². The van der Waals surface area contributed by atoms with Gasteiger partial charge in [0.2, 0.25) is 0 Å². The molecule has 2 heteroatoms. The van der Waals surface area contributed by atoms with E-state index in [1.54, 1.807) is 6.26 Å². The zero-order valence-electron chi connectivity index (χ0n) is 8.49. The topological polar surface area (TPSA) is 33.4 Å². The van der Waals surface area contributed by atoms with Gasteiger partial charge in [-0.2, -0.15) is 0 Å². The van der Waals surface area contributed by atoms with Gasteiger partial charge in [-0.05, 0) is 43.7 Å². The summed E-state index contributed by atoms with van der Waals surface area (Å²) >= 11 is 0. The number of furan rings is 1. The molecule has 2 rings (SSSR count). The Labute approximate surface area is 84.2 Å². The van der Waals surface area contributed by atoms with Gasteiger partial charge in [-0.25, -0.2) is 0 Å². The number of allylic oxidation sites excluding steroid dienone is 2. The minimum Gasteiger partial charge on any atom is -0.467 e. The molecule has 1 N–H and O–H groups in total. The van der Waals surface area contributed by atoms with E-state index in [4.69, 9.17) is 9.52 Å². The Hall–Kier alpha value is -1.02. The van der Waals surface area contributed by atoms with E-state index in [1.807, 2.05) is 6.07 Å². The predicted molar refractivity (Wildman–Crippen MR) is 55.0 cm³/mol. The molecule has 2 nitrogen and oxygen atoms in total. The molecule has 1 aliphatic rings. The van der Waals surface area contributed by atoms with Gasteiger partial charge in [0.05, 0.1) is 6.26 Å². The minimum atomic E-state index is 0.0154. The van der Waals surface area contributed by atoms with Crippen LogP contribution in [0.3, 0.4) is 0 Å². The fraction of sp³-hybridized carbons (Fsp3) is 0.500. The fourth-order valence-corrected chi connectivity index (χ4v) is 2.09. The highest BCUT2D eigenvalue weighted by Gasteiger charge is 2.19. The number of aliphatic hydroxyl groups excluding tert-OH is 1. The van der Waals surface area contributed by atoms with Gasteiger partial charge in [0.15, 0.2) is 0 Å². The van der Waals surface area contributed by atoms with Crippen LogP contribution in [0.1, 0.15) is 43.4 Å². The van der Waals surface area contributed by atoms with Crippen molar-refractivity contribution < 1.29 is 9.52 Å². The highest BCUT2D eigenvalue weighted by molar-refractivity contribution is 5.24. The van der Waals surface area contributed by atoms with Gasteiger partial charge in [-0.3, -0.25) is 0 Å². The molecule has 0 aliphatic heterocycles. The van der Waals surface area contributed by atoms with Crippen molar-refractivity contribution in [2.45, 2.75) is 38.7 Å². The molecule has 0 amide bonds. The number of rotatable bonds is 2. The third-order valence-electron chi connectivity index (χ3n) is 3.00. The van der Waals surface area contributed by atoms with Gasteiger partial charge in [0.1, 0.15) is 12.4 Å². The smallest absolute Gasteiger partial charge is 0.132 e. The molecule has 1 aromatic heterocycles. The number of hydrogen-bond donors (Lipinski definition) is 1. The monoisotopic (exact) mass is 192 g/mol. The van der Waals surface area contributed by atoms with Crippen LogP contribution in [-0.2, 0) is 6.61 Å². The zero-order chi connectivity index (χ0) is 9.97. The minimum absolute atomic E-state index is 0.0154. The summed E-state index contributed by atoms with van der Waals surface area (Å²) in [5.41, 5.74) is 2.67. The lowest BCUT2D eigenvalue weighted by Crippen LogP contribution is -2.04. The molecule has 1 aliphatic carbocycles. The molecule has 0 fully saturated rings. The first-order valence-corrected chi connectivity index (χ1v) is 5.14. The molecule has 1 unspecified atom stereocenters. The van der Waals surface area contributed by atoms with Crippen molar-refractivity contribution in [3.63, 3.8) is 0 Å². The summed E-state index contributed by atoms with van der Waals surface area (Å²) in [6, 6.07) is 1.99. The van der Waals surface area contributed by atoms with E-state index in [-0.39, 0.29) is 6.61 Å². The van der Waals surface area contributed by atoms with Crippen molar-refractivity contribution >= 4 is 0 Å². The van der Waals surface area contributed by atoms with Gasteiger partial charge >= 0.3 is 0 Å². The summed E-state index contributed by atoms with van der Waals surface area (Å²) in [7, 11) is 0. The third kappa shape index (κ3) is 1.75. The molecule has 0 aromatic carbocycles. The summed E-state index contributed by atoms with van der Waals surface area (Å²) in [4.78, 5) is 0. The van der Waals surface area contributed by atoms with E-state index in [9.17, 15) is 0 Å². The molecule has 76 valence electrons. The SMILES string of the molecule is CC1=CCC(c2ccoc2CO)CC1. The summed E-state index contributed by atoms with van der Waals surface area (Å²) in [5, 5.41) is 9.08. The van der Waals surface area contributed by atoms with Crippen molar-refractivity contribution in [2.75, 3.05) is 0 Å². The van der Waals surface area contributed by atoms with Gasteiger partial charge in [-0.1, -0.05) is 11.6 Å². The number of hydrogen-bond acceptors (Lipinski definition) is 2. The van der Waals surface area contributed by atoms with E-state index in [0.717, 1.165) is 12.2 Å². The first kappa shape index (κ1) is 9.53. The Morgan fingerprint density at radius 2 is 2.43 bits per heavy atom. The second-order valence-corrected chi connectivity index (χ2v) is 3.98. The highest BCUT2D eigenvalue weighted by Crippen LogP contribution is 2.34. The van der Waals surface area contributed by atoms with E-state index >= 15 is 0 Å². The maximum Gasteiger partial charge on any atom is 0.132 e. The predicted octanol–water partition coefficient (Wildman–Crippen LogP) is 2.99. The van der Waals surface area contributed by atoms with Gasteiger partial charge in [0, 0.05) is 0 Å². The molecule has 14 heavy (non-hydrogen) atoms. The second-order valence-electron chi connectivity index (χ2n) is 3.98. The van der Waals surface area contributed by atoms with Crippen LogP contribution >= 0.6 is 0 Å². The fourth-order valence-electron chi connectivity index (χ4n) is 2.09. The third-order valence-corrected chi connectivity index (χ3v) is 3.00. The number of aliphatic hydroxyl groups is 1. The van der Waals surface area contributed by atoms with Crippen LogP contribution in [0.2, 0.25) is 0 Å². The first-order valence-electron chi connectivity index (χ1n) is 5.14. The molecule has 0 saturated heterocycles. The molecule has 1 aromatic rings. The average molecular weight is 192 g/mol. The maximum absolute atomic E-state index is 9.08. The quantitative estimate of drug-likeness (QED) is 0.731. The second kappa shape index (κ2) is 4.01. The van der Waals surface area contributed by atoms with Crippen molar-refractivity contribution in [2.24, 2.45) is 0 Å². The van der Waals surface area contributed by atoms with E-state index in [0.29, 0.717) is 5.92 Å². The molecule has 1 atom stereocenters. The Kier molecular flexibility index (Phi) is 2.73. The van der Waals surface area contributed by atoms with Crippen LogP contribution in [0.5, 0.6) is 0 Å². The standard InChI is InChI=1S/C12H16O2/c1-9-2-4-10(5-3-9)11-6-7-14-12(11)8-13/h2,6-7,10,13H,3-5,8H2,1H3. The molecular formula is C12H16O2. The lowest BCUT2D eigenvalue weighted by atomic mass is 9.85. The molecule has 1 heterocycles. The summed E-state index contributed by atoms with van der Waals surface area (Å²) in [6.45, 7) is 2.19. The van der Waals surface area contributed by atoms with E-state index in [1.165, 1.54) is 24.0 Å². The van der Waals surface area contributed by atoms with Crippen LogP contribution in [0.15, 0.2) is 28.4 Å². The maximum atomic E-state index is 9.08. The zero-order valence-corrected chi connectivity index (χ0v) is 8.49. The highest BCUT2D eigenvalue weighted by atomic mass is 16.4. The van der Waals surface area contributed by atoms with Gasteiger partial charge in [0.25, 0.3) is 0 Å². The van der Waals surface area contributed by atoms with Crippen LogP contribution in [0.4, 0.5) is 0 Å². The van der Waals surface area contributed by atoms with Crippen LogP contribution < -0.4 is 0 Å².